The Hall–Kier alpha value is -4.73. The number of hydrogen-bond donors (Lipinski definition) is 4. The summed E-state index contributed by atoms with van der Waals surface area (Å²) in [5, 5.41) is 13.3. The van der Waals surface area contributed by atoms with E-state index in [1.807, 2.05) is 12.1 Å². The highest BCUT2D eigenvalue weighted by molar-refractivity contribution is 6.35. The van der Waals surface area contributed by atoms with Gasteiger partial charge in [0.2, 0.25) is 11.9 Å². The zero-order chi connectivity index (χ0) is 27.0. The van der Waals surface area contributed by atoms with E-state index in [0.717, 1.165) is 0 Å². The number of anilines is 3. The molecule has 1 aliphatic rings. The molecule has 2 aromatic carbocycles. The Bertz CT molecular complexity index is 1650. The average Bonchev–Trinajstić information content (AvgIpc) is 3.31. The monoisotopic (exact) mass is 530 g/mol. The predicted octanol–water partition coefficient (Wildman–Crippen LogP) is 1.26. The van der Waals surface area contributed by atoms with Crippen LogP contribution < -0.4 is 33.0 Å². The van der Waals surface area contributed by atoms with Crippen LogP contribution in [0, 0.1) is 11.3 Å². The van der Waals surface area contributed by atoms with Crippen molar-refractivity contribution in [3.8, 4) is 11.8 Å². The summed E-state index contributed by atoms with van der Waals surface area (Å²) in [6.45, 7) is 0.0265. The minimum absolute atomic E-state index is 0.0208. The maximum absolute atomic E-state index is 13.9. The molecule has 2 atom stereocenters. The summed E-state index contributed by atoms with van der Waals surface area (Å²) in [6.07, 6.45) is 0.325. The van der Waals surface area contributed by atoms with Crippen LogP contribution >= 0.6 is 11.6 Å². The zero-order valence-corrected chi connectivity index (χ0v) is 20.8. The third-order valence-electron chi connectivity index (χ3n) is 6.36. The van der Waals surface area contributed by atoms with Crippen LogP contribution in [0.5, 0.6) is 0 Å². The molecule has 7 N–H and O–H groups in total. The van der Waals surface area contributed by atoms with Crippen molar-refractivity contribution < 1.29 is 4.79 Å². The summed E-state index contributed by atoms with van der Waals surface area (Å²) in [4.78, 5) is 41.0. The molecule has 1 amide bonds. The van der Waals surface area contributed by atoms with Crippen molar-refractivity contribution in [2.75, 3.05) is 29.5 Å². The molecule has 0 unspecified atom stereocenters. The second kappa shape index (κ2) is 9.97. The molecule has 2 aromatic heterocycles. The summed E-state index contributed by atoms with van der Waals surface area (Å²) in [5.41, 5.74) is 18.1. The van der Waals surface area contributed by atoms with Crippen molar-refractivity contribution in [3.63, 3.8) is 0 Å². The van der Waals surface area contributed by atoms with Crippen LogP contribution in [0.2, 0.25) is 5.02 Å². The van der Waals surface area contributed by atoms with Gasteiger partial charge in [-0.05, 0) is 30.7 Å². The molecule has 5 rings (SSSR count). The molecule has 0 radical (unpaired) electrons. The number of aromatic nitrogens is 4. The number of nitrogens with one attached hydrogen (secondary N) is 1. The molecule has 1 fully saturated rings. The van der Waals surface area contributed by atoms with Gasteiger partial charge in [-0.25, -0.2) is 4.98 Å². The highest BCUT2D eigenvalue weighted by Gasteiger charge is 2.39. The molecule has 1 aliphatic heterocycles. The van der Waals surface area contributed by atoms with E-state index in [1.54, 1.807) is 47.4 Å². The molecule has 3 heterocycles. The lowest BCUT2D eigenvalue weighted by molar-refractivity contribution is -0.120. The number of benzene rings is 2. The Labute approximate surface area is 221 Å². The van der Waals surface area contributed by atoms with E-state index in [-0.39, 0.29) is 58.1 Å². The number of amides is 1. The maximum atomic E-state index is 13.9. The summed E-state index contributed by atoms with van der Waals surface area (Å²) in [5.74, 6) is -0.0195. The van der Waals surface area contributed by atoms with Crippen LogP contribution in [0.25, 0.3) is 16.6 Å². The third kappa shape index (κ3) is 4.34. The number of carbonyl (C=O) groups is 1. The Balaban J connectivity index is 1.78. The van der Waals surface area contributed by atoms with E-state index in [0.29, 0.717) is 23.4 Å². The molecule has 13 heteroatoms. The molecular formula is C25H23ClN10O2. The molecule has 38 heavy (non-hydrogen) atoms. The molecule has 1 saturated heterocycles. The summed E-state index contributed by atoms with van der Waals surface area (Å²) < 4.78 is 1.49. The van der Waals surface area contributed by atoms with Gasteiger partial charge in [-0.15, -0.1) is 0 Å². The van der Waals surface area contributed by atoms with Crippen molar-refractivity contribution >= 4 is 46.0 Å². The van der Waals surface area contributed by atoms with E-state index < -0.39 is 12.1 Å². The van der Waals surface area contributed by atoms with E-state index in [4.69, 9.17) is 33.8 Å². The third-order valence-corrected chi connectivity index (χ3v) is 6.67. The highest BCUT2D eigenvalue weighted by atomic mass is 35.5. The number of rotatable bonds is 5. The topological polar surface area (TPSA) is 195 Å². The van der Waals surface area contributed by atoms with Crippen LogP contribution in [0.4, 0.5) is 17.6 Å². The van der Waals surface area contributed by atoms with Gasteiger partial charge < -0.3 is 27.4 Å². The van der Waals surface area contributed by atoms with Gasteiger partial charge in [-0.1, -0.05) is 35.9 Å². The van der Waals surface area contributed by atoms with Gasteiger partial charge in [0.1, 0.15) is 23.3 Å². The predicted molar refractivity (Wildman–Crippen MR) is 144 cm³/mol. The van der Waals surface area contributed by atoms with Gasteiger partial charge >= 0.3 is 0 Å². The van der Waals surface area contributed by atoms with Crippen LogP contribution in [0.3, 0.4) is 0 Å². The Morgan fingerprint density at radius 3 is 2.61 bits per heavy atom. The number of nitrogen functional groups attached to an aromatic ring is 2. The van der Waals surface area contributed by atoms with Gasteiger partial charge in [-0.3, -0.25) is 14.2 Å². The highest BCUT2D eigenvalue weighted by Crippen LogP contribution is 2.38. The Kier molecular flexibility index (Phi) is 6.54. The van der Waals surface area contributed by atoms with Gasteiger partial charge in [0, 0.05) is 12.6 Å². The number of fused-ring (bicyclic) bond motifs is 1. The zero-order valence-electron chi connectivity index (χ0n) is 20.0. The van der Waals surface area contributed by atoms with Crippen molar-refractivity contribution in [2.24, 2.45) is 5.73 Å². The van der Waals surface area contributed by atoms with Crippen molar-refractivity contribution in [3.05, 3.63) is 75.3 Å². The second-order valence-corrected chi connectivity index (χ2v) is 9.14. The number of para-hydroxylation sites is 1. The number of nitrogens with two attached hydrogens (primary N) is 3. The quantitative estimate of drug-likeness (QED) is 0.291. The lowest BCUT2D eigenvalue weighted by atomic mass is 10.1. The normalized spacial score (nSPS) is 16.9. The van der Waals surface area contributed by atoms with Crippen LogP contribution in [0.1, 0.15) is 23.9 Å². The fourth-order valence-electron chi connectivity index (χ4n) is 4.76. The standard InChI is InChI=1S/C25H23ClN10O2/c26-16-7-4-8-17-20(16)24(38)36(14-5-2-1-3-6-14)23(32-17)18-9-13(31-19(37)11-28)12-35(18)22-15(10-27)21(29)33-25(30)34-22/h1-8,13,18H,9,11-12,28H2,(H,31,37)(H4,29,30,33,34)/t13-,18+/m1/s1. The first-order valence-corrected chi connectivity index (χ1v) is 12.1. The van der Waals surface area contributed by atoms with Gasteiger partial charge in [0.15, 0.2) is 5.82 Å². The summed E-state index contributed by atoms with van der Waals surface area (Å²) >= 11 is 6.43. The summed E-state index contributed by atoms with van der Waals surface area (Å²) in [6, 6.07) is 15.1. The van der Waals surface area contributed by atoms with E-state index in [9.17, 15) is 14.9 Å². The second-order valence-electron chi connectivity index (χ2n) is 8.73. The Morgan fingerprint density at radius 1 is 1.13 bits per heavy atom. The van der Waals surface area contributed by atoms with Crippen molar-refractivity contribution in [2.45, 2.75) is 18.5 Å². The average molecular weight is 531 g/mol. The molecule has 4 aromatic rings. The fraction of sp³-hybridized carbons (Fsp3) is 0.200. The minimum atomic E-state index is -0.629. The SMILES string of the molecule is N#Cc1c(N)nc(N)nc1N1C[C@H](NC(=O)CN)C[C@H]1c1nc2cccc(Cl)c2c(=O)n1-c1ccccc1. The van der Waals surface area contributed by atoms with Crippen LogP contribution in [0.15, 0.2) is 53.3 Å². The van der Waals surface area contributed by atoms with Crippen LogP contribution in [-0.2, 0) is 4.79 Å². The fourth-order valence-corrected chi connectivity index (χ4v) is 5.01. The first-order valence-electron chi connectivity index (χ1n) is 11.7. The smallest absolute Gasteiger partial charge is 0.267 e. The molecule has 12 nitrogen and oxygen atoms in total. The first kappa shape index (κ1) is 24.9. The molecule has 0 aliphatic carbocycles. The lowest BCUT2D eigenvalue weighted by Gasteiger charge is -2.28. The van der Waals surface area contributed by atoms with Crippen LogP contribution in [-0.4, -0.2) is 44.6 Å². The Morgan fingerprint density at radius 2 is 1.89 bits per heavy atom. The van der Waals surface area contributed by atoms with E-state index in [2.05, 4.69) is 15.3 Å². The molecule has 192 valence electrons. The molecular weight excluding hydrogens is 508 g/mol. The molecule has 0 spiro atoms. The minimum Gasteiger partial charge on any atom is -0.382 e. The van der Waals surface area contributed by atoms with E-state index in [1.165, 1.54) is 4.57 Å². The largest absolute Gasteiger partial charge is 0.382 e. The summed E-state index contributed by atoms with van der Waals surface area (Å²) in [7, 11) is 0. The molecule has 0 saturated carbocycles. The molecule has 0 bridgehead atoms. The van der Waals surface area contributed by atoms with Gasteiger partial charge in [-0.2, -0.15) is 15.2 Å². The maximum Gasteiger partial charge on any atom is 0.267 e. The first-order chi connectivity index (χ1) is 18.3. The van der Waals surface area contributed by atoms with Crippen molar-refractivity contribution in [1.82, 2.24) is 24.8 Å². The van der Waals surface area contributed by atoms with Gasteiger partial charge in [0.05, 0.1) is 34.2 Å². The number of halogens is 1. The number of hydrogen-bond acceptors (Lipinski definition) is 10. The van der Waals surface area contributed by atoms with Crippen molar-refractivity contribution in [1.29, 1.82) is 5.26 Å². The number of nitrogens with zero attached hydrogens (tertiary/aromatic N) is 6. The van der Waals surface area contributed by atoms with Gasteiger partial charge in [0.25, 0.3) is 5.56 Å². The lowest BCUT2D eigenvalue weighted by Crippen LogP contribution is -2.40. The van der Waals surface area contributed by atoms with E-state index >= 15 is 0 Å². The number of nitriles is 1. The number of carbonyl (C=O) groups excluding carboxylic acids is 1.